The van der Waals surface area contributed by atoms with Gasteiger partial charge in [-0.3, -0.25) is 29.4 Å². The number of aliphatic hydroxyl groups excluding tert-OH is 7. The Morgan fingerprint density at radius 3 is 1.01 bits per heavy atom. The Labute approximate surface area is 557 Å². The second kappa shape index (κ2) is 60.3. The first-order valence-electron chi connectivity index (χ1n) is 36.9. The van der Waals surface area contributed by atoms with Gasteiger partial charge in [0.25, 0.3) is 0 Å². The smallest absolute Gasteiger partial charge is 0.0607 e. The summed E-state index contributed by atoms with van der Waals surface area (Å²) >= 11 is 0. The van der Waals surface area contributed by atoms with Crippen LogP contribution in [-0.4, -0.2) is 368 Å². The predicted molar refractivity (Wildman–Crippen MR) is 378 cm³/mol. The fraction of sp³-hybridized carbons (Fsp3) is 1.00. The zero-order chi connectivity index (χ0) is 67.1. The van der Waals surface area contributed by atoms with Gasteiger partial charge in [-0.1, -0.05) is 34.6 Å². The van der Waals surface area contributed by atoms with Crippen molar-refractivity contribution in [3.63, 3.8) is 0 Å². The summed E-state index contributed by atoms with van der Waals surface area (Å²) in [5.41, 5.74) is 0. The quantitative estimate of drug-likeness (QED) is 0.0380. The van der Waals surface area contributed by atoms with Gasteiger partial charge in [-0.25, -0.2) is 0 Å². The van der Waals surface area contributed by atoms with Crippen LogP contribution in [0.1, 0.15) is 145 Å². The number of likely N-dealkylation sites (N-methyl/N-ethyl adjacent to an activating group) is 6. The molecule has 7 saturated heterocycles. The maximum atomic E-state index is 8.89. The lowest BCUT2D eigenvalue weighted by Gasteiger charge is -2.24. The number of aliphatic hydroxyl groups is 7. The SMILES string of the molecule is CC(CO)NC[C@@H]1CCCN1C.CCN1CCCC1CNC(CO)CO.CCN1CCCC1CNCCO.CCN1CCCC1CNCCOC.CCN1CCC[C@@H]1CNC(C)CO.CCOCCNC[C@@H]1CCCN1CC.OCCNCC1CCCN1CCO. The van der Waals surface area contributed by atoms with Gasteiger partial charge in [0.1, 0.15) is 0 Å². The van der Waals surface area contributed by atoms with Crippen LogP contribution in [0.4, 0.5) is 0 Å². The Morgan fingerprint density at radius 2 is 0.692 bits per heavy atom. The summed E-state index contributed by atoms with van der Waals surface area (Å²) in [6, 6.07) is 5.06. The number of methoxy groups -OCH3 is 1. The number of hydrogen-bond donors (Lipinski definition) is 14. The van der Waals surface area contributed by atoms with Crippen molar-refractivity contribution in [3.05, 3.63) is 0 Å². The van der Waals surface area contributed by atoms with Crippen molar-refractivity contribution >= 4 is 0 Å². The number of nitrogens with one attached hydrogen (secondary N) is 7. The summed E-state index contributed by atoms with van der Waals surface area (Å²) in [5.74, 6) is 0. The third kappa shape index (κ3) is 41.2. The molecule has 0 aliphatic carbocycles. The highest BCUT2D eigenvalue weighted by molar-refractivity contribution is 4.86. The lowest BCUT2D eigenvalue weighted by molar-refractivity contribution is 0.147. The molecule has 0 amide bonds. The minimum Gasteiger partial charge on any atom is -0.395 e. The van der Waals surface area contributed by atoms with Gasteiger partial charge >= 0.3 is 0 Å². The number of β-amino-alcohol motifs (C(OH)–C–C–N with tert-alkyl or cyclic N) is 1. The first-order chi connectivity index (χ1) is 44.3. The summed E-state index contributed by atoms with van der Waals surface area (Å²) in [6.45, 7) is 46.5. The van der Waals surface area contributed by atoms with Crippen LogP contribution in [0.3, 0.4) is 0 Å². The molecular weight excluding hydrogens is 1160 g/mol. The molecule has 7 aliphatic rings. The van der Waals surface area contributed by atoms with Crippen LogP contribution >= 0.6 is 0 Å². The fourth-order valence-electron chi connectivity index (χ4n) is 13.5. The topological polar surface area (TPSA) is 267 Å². The lowest BCUT2D eigenvalue weighted by atomic mass is 10.2. The van der Waals surface area contributed by atoms with Gasteiger partial charge in [-0.2, -0.15) is 0 Å². The molecule has 0 saturated carbocycles. The molecule has 9 atom stereocenters. The van der Waals surface area contributed by atoms with E-state index in [1.807, 2.05) is 20.8 Å². The van der Waals surface area contributed by atoms with Crippen LogP contribution in [0.5, 0.6) is 0 Å². The summed E-state index contributed by atoms with van der Waals surface area (Å²) < 4.78 is 10.3. The molecule has 7 heterocycles. The molecule has 0 radical (unpaired) electrons. The Bertz CT molecular complexity index is 1550. The number of hydrogen-bond acceptors (Lipinski definition) is 23. The van der Waals surface area contributed by atoms with Gasteiger partial charge in [-0.05, 0) is 196 Å². The zero-order valence-electron chi connectivity index (χ0n) is 60.3. The van der Waals surface area contributed by atoms with Crippen molar-refractivity contribution < 1.29 is 45.2 Å². The molecule has 91 heavy (non-hydrogen) atoms. The van der Waals surface area contributed by atoms with Crippen molar-refractivity contribution in [2.24, 2.45) is 0 Å². The minimum atomic E-state index is -0.158. The maximum absolute atomic E-state index is 8.89. The first kappa shape index (κ1) is 88.1. The van der Waals surface area contributed by atoms with Crippen LogP contribution < -0.4 is 37.2 Å². The molecule has 6 unspecified atom stereocenters. The van der Waals surface area contributed by atoms with Crippen molar-refractivity contribution in [2.75, 3.05) is 237 Å². The van der Waals surface area contributed by atoms with E-state index in [0.717, 1.165) is 130 Å². The molecule has 546 valence electrons. The van der Waals surface area contributed by atoms with Crippen LogP contribution in [0.25, 0.3) is 0 Å². The molecule has 0 spiro atoms. The largest absolute Gasteiger partial charge is 0.395 e. The van der Waals surface area contributed by atoms with E-state index >= 15 is 0 Å². The molecule has 7 aliphatic heterocycles. The number of rotatable bonds is 39. The number of likely N-dealkylation sites (tertiary alicyclic amines) is 7. The molecule has 23 nitrogen and oxygen atoms in total. The van der Waals surface area contributed by atoms with Crippen molar-refractivity contribution in [2.45, 2.75) is 206 Å². The number of ether oxygens (including phenoxy) is 2. The lowest BCUT2D eigenvalue weighted by Crippen LogP contribution is -2.44. The molecule has 7 fully saturated rings. The molecule has 23 heteroatoms. The Kier molecular flexibility index (Phi) is 58.3. The molecule has 7 rings (SSSR count). The second-order valence-electron chi connectivity index (χ2n) is 25.9. The van der Waals surface area contributed by atoms with E-state index in [1.165, 1.54) is 142 Å². The van der Waals surface area contributed by atoms with Crippen molar-refractivity contribution in [3.8, 4) is 0 Å². The van der Waals surface area contributed by atoms with Gasteiger partial charge < -0.3 is 87.3 Å². The summed E-state index contributed by atoms with van der Waals surface area (Å²) in [5, 5.41) is 84.6. The monoisotopic (exact) mass is 1310 g/mol. The molecular formula is C68H150N14O9. The molecule has 0 aromatic rings. The van der Waals surface area contributed by atoms with E-state index < -0.39 is 0 Å². The van der Waals surface area contributed by atoms with Crippen LogP contribution in [0.2, 0.25) is 0 Å². The van der Waals surface area contributed by atoms with E-state index in [4.69, 9.17) is 45.2 Å². The zero-order valence-corrected chi connectivity index (χ0v) is 60.3. The van der Waals surface area contributed by atoms with Crippen LogP contribution in [0, 0.1) is 0 Å². The highest BCUT2D eigenvalue weighted by atomic mass is 16.5. The van der Waals surface area contributed by atoms with E-state index in [9.17, 15) is 0 Å². The van der Waals surface area contributed by atoms with Crippen LogP contribution in [0.15, 0.2) is 0 Å². The summed E-state index contributed by atoms with van der Waals surface area (Å²) in [7, 11) is 3.92. The molecule has 0 bridgehead atoms. The molecule has 0 aromatic carbocycles. The fourth-order valence-corrected chi connectivity index (χ4v) is 13.5. The minimum absolute atomic E-state index is 0.00927. The maximum Gasteiger partial charge on any atom is 0.0607 e. The second-order valence-corrected chi connectivity index (χ2v) is 25.9. The van der Waals surface area contributed by atoms with Crippen LogP contribution in [-0.2, 0) is 9.47 Å². The summed E-state index contributed by atoms with van der Waals surface area (Å²) in [4.78, 5) is 17.3. The van der Waals surface area contributed by atoms with E-state index in [2.05, 4.69) is 113 Å². The first-order valence-corrected chi connectivity index (χ1v) is 36.9. The van der Waals surface area contributed by atoms with Gasteiger partial charge in [0, 0.05) is 147 Å². The highest BCUT2D eigenvalue weighted by Crippen LogP contribution is 2.20. The standard InChI is InChI=1S/C11H24N2O.C10H22N2O2.2C10H22N2O.C9H20N2O2.2C9H20N2O/c1-3-13-8-5-6-11(13)10-12-7-9-14-4-2;1-2-12-5-3-4-10(12)6-11-9(7-13)8-14;1-3-12-7-4-5-10(12)9-11-6-8-13-2;1-3-12-6-4-5-10(12)7-11-9(2)8-13;12-6-3-10-8-9-2-1-4-11(9)5-7-13;1-8(7-12)10-6-9-4-3-5-11(9)2;1-2-11-6-3-4-9(11)8-10-5-7-12/h11-12H,3-10H2,1-2H3;9-11,13-14H,2-8H2,1H3;10-11H,3-9H2,1-2H3;9-11,13H,3-8H2,1-2H3;9-10,12-13H,1-8H2;8-10,12H,3-7H2,1-2H3;9-10,12H,2-8H2,1H3/t11-;;;9?,10-;;8?,9-;/m0..1.0./s1. The molecule has 0 aromatic heterocycles. The average molecular weight is 1310 g/mol. The molecule has 14 N–H and O–H groups in total. The third-order valence-electron chi connectivity index (χ3n) is 19.3. The van der Waals surface area contributed by atoms with E-state index in [1.54, 1.807) is 7.11 Å². The normalized spacial score (nSPS) is 24.8. The predicted octanol–water partition coefficient (Wildman–Crippen LogP) is 0.787. The van der Waals surface area contributed by atoms with Crippen molar-refractivity contribution in [1.82, 2.24) is 71.5 Å². The van der Waals surface area contributed by atoms with Crippen molar-refractivity contribution in [1.29, 1.82) is 0 Å². The Balaban J connectivity index is 0.000000531. The summed E-state index contributed by atoms with van der Waals surface area (Å²) in [6.07, 6.45) is 18.3. The van der Waals surface area contributed by atoms with Gasteiger partial charge in [0.15, 0.2) is 0 Å². The highest BCUT2D eigenvalue weighted by Gasteiger charge is 2.27. The van der Waals surface area contributed by atoms with E-state index in [0.29, 0.717) is 36.8 Å². The Hall–Kier alpha value is -0.920. The third-order valence-corrected chi connectivity index (χ3v) is 19.3. The van der Waals surface area contributed by atoms with Gasteiger partial charge in [-0.15, -0.1) is 0 Å². The average Bonchev–Trinajstić information content (AvgIpc) is 4.50. The van der Waals surface area contributed by atoms with Gasteiger partial charge in [0.2, 0.25) is 0 Å². The Morgan fingerprint density at radius 1 is 0.374 bits per heavy atom. The van der Waals surface area contributed by atoms with E-state index in [-0.39, 0.29) is 64.4 Å². The number of nitrogens with zero attached hydrogens (tertiary/aromatic N) is 7. The van der Waals surface area contributed by atoms with Gasteiger partial charge in [0.05, 0.1) is 65.5 Å².